The molecule has 0 saturated heterocycles. The number of oxime groups is 1. The minimum absolute atomic E-state index is 0.214. The summed E-state index contributed by atoms with van der Waals surface area (Å²) in [5, 5.41) is 6.91. The molecular formula is C25H23F2N3O3. The van der Waals surface area contributed by atoms with Gasteiger partial charge in [-0.3, -0.25) is 0 Å². The van der Waals surface area contributed by atoms with Gasteiger partial charge in [0.2, 0.25) is 0 Å². The van der Waals surface area contributed by atoms with Crippen LogP contribution in [0.25, 0.3) is 0 Å². The lowest BCUT2D eigenvalue weighted by molar-refractivity contribution is 0.0608. The minimum atomic E-state index is -0.452. The van der Waals surface area contributed by atoms with Gasteiger partial charge >= 0.3 is 6.03 Å². The Kier molecular flexibility index (Phi) is 6.83. The fourth-order valence-electron chi connectivity index (χ4n) is 3.61. The first-order valence-electron chi connectivity index (χ1n) is 10.4. The number of nitrogens with one attached hydrogen (secondary N) is 1. The number of rotatable bonds is 7. The zero-order valence-electron chi connectivity index (χ0n) is 18.0. The van der Waals surface area contributed by atoms with Crippen LogP contribution in [-0.2, 0) is 11.4 Å². The number of hydrogen-bond acceptors (Lipinski definition) is 4. The second kappa shape index (κ2) is 10.1. The summed E-state index contributed by atoms with van der Waals surface area (Å²) in [4.78, 5) is 20.2. The van der Waals surface area contributed by atoms with Crippen LogP contribution in [0.15, 0.2) is 78.0 Å². The highest BCUT2D eigenvalue weighted by Gasteiger charge is 2.28. The van der Waals surface area contributed by atoms with Gasteiger partial charge in [0.05, 0.1) is 19.4 Å². The van der Waals surface area contributed by atoms with Gasteiger partial charge in [-0.15, -0.1) is 0 Å². The number of ether oxygens (including phenoxy) is 1. The number of halogens is 2. The standard InChI is InChI=1S/C25H23F2N3O3/c1-32-24-8-3-2-7-22(24)23-14-21(33-29-23)16-30(15-17-9-11-18(26)12-10-17)25(31)28-20-6-4-5-19(27)13-20/h2-13,21H,14-16H2,1H3,(H,28,31). The number of benzene rings is 3. The number of para-hydroxylation sites is 1. The van der Waals surface area contributed by atoms with Crippen LogP contribution in [0, 0.1) is 11.6 Å². The van der Waals surface area contributed by atoms with E-state index in [1.807, 2.05) is 24.3 Å². The molecule has 1 N–H and O–H groups in total. The highest BCUT2D eigenvalue weighted by molar-refractivity contribution is 6.03. The molecule has 3 aromatic rings. The molecule has 0 aliphatic carbocycles. The lowest BCUT2D eigenvalue weighted by Gasteiger charge is -2.25. The van der Waals surface area contributed by atoms with E-state index < -0.39 is 11.8 Å². The third-order valence-corrected chi connectivity index (χ3v) is 5.22. The van der Waals surface area contributed by atoms with Gasteiger partial charge in [-0.05, 0) is 48.0 Å². The Morgan fingerprint density at radius 3 is 2.64 bits per heavy atom. The molecule has 1 heterocycles. The molecule has 0 saturated carbocycles. The van der Waals surface area contributed by atoms with Crippen molar-refractivity contribution < 1.29 is 23.1 Å². The van der Waals surface area contributed by atoms with E-state index in [2.05, 4.69) is 10.5 Å². The minimum Gasteiger partial charge on any atom is -0.496 e. The SMILES string of the molecule is COc1ccccc1C1=NOC(CN(Cc2ccc(F)cc2)C(=O)Nc2cccc(F)c2)C1. The number of urea groups is 1. The van der Waals surface area contributed by atoms with Crippen molar-refractivity contribution in [2.24, 2.45) is 5.16 Å². The summed E-state index contributed by atoms with van der Waals surface area (Å²) in [6, 6.07) is 18.6. The van der Waals surface area contributed by atoms with Crippen molar-refractivity contribution in [3.63, 3.8) is 0 Å². The van der Waals surface area contributed by atoms with Crippen molar-refractivity contribution in [1.82, 2.24) is 4.90 Å². The van der Waals surface area contributed by atoms with Crippen molar-refractivity contribution in [2.45, 2.75) is 19.1 Å². The number of nitrogens with zero attached hydrogens (tertiary/aromatic N) is 2. The summed E-state index contributed by atoms with van der Waals surface area (Å²) >= 11 is 0. The van der Waals surface area contributed by atoms with Crippen LogP contribution in [0.5, 0.6) is 5.75 Å². The molecule has 2 amide bonds. The number of hydrogen-bond donors (Lipinski definition) is 1. The molecular weight excluding hydrogens is 428 g/mol. The largest absolute Gasteiger partial charge is 0.496 e. The number of carbonyl (C=O) groups excluding carboxylic acids is 1. The van der Waals surface area contributed by atoms with E-state index in [0.29, 0.717) is 17.9 Å². The number of amides is 2. The first kappa shape index (κ1) is 22.3. The van der Waals surface area contributed by atoms with Crippen LogP contribution in [0.4, 0.5) is 19.3 Å². The Labute approximate surface area is 190 Å². The van der Waals surface area contributed by atoms with Crippen molar-refractivity contribution in [3.05, 3.63) is 95.6 Å². The van der Waals surface area contributed by atoms with Crippen LogP contribution < -0.4 is 10.1 Å². The lowest BCUT2D eigenvalue weighted by Crippen LogP contribution is -2.40. The van der Waals surface area contributed by atoms with Crippen LogP contribution >= 0.6 is 0 Å². The third kappa shape index (κ3) is 5.65. The molecule has 33 heavy (non-hydrogen) atoms. The van der Waals surface area contributed by atoms with Crippen molar-refractivity contribution in [3.8, 4) is 5.75 Å². The number of carbonyl (C=O) groups is 1. The molecule has 6 nitrogen and oxygen atoms in total. The first-order chi connectivity index (χ1) is 16.0. The summed E-state index contributed by atoms with van der Waals surface area (Å²) in [5.74, 6) is -0.122. The van der Waals surface area contributed by atoms with Crippen molar-refractivity contribution in [2.75, 3.05) is 19.0 Å². The van der Waals surface area contributed by atoms with Gasteiger partial charge in [0.1, 0.15) is 17.4 Å². The molecule has 0 aromatic heterocycles. The number of anilines is 1. The van der Waals surface area contributed by atoms with Crippen LogP contribution in [0.2, 0.25) is 0 Å². The van der Waals surface area contributed by atoms with Gasteiger partial charge in [-0.1, -0.05) is 35.5 Å². The third-order valence-electron chi connectivity index (χ3n) is 5.22. The molecule has 3 aromatic carbocycles. The molecule has 8 heteroatoms. The summed E-state index contributed by atoms with van der Waals surface area (Å²) in [6.07, 6.45) is 0.0942. The Morgan fingerprint density at radius 2 is 1.88 bits per heavy atom. The molecule has 0 spiro atoms. The maximum absolute atomic E-state index is 13.6. The van der Waals surface area contributed by atoms with Gasteiger partial charge in [-0.25, -0.2) is 13.6 Å². The Morgan fingerprint density at radius 1 is 1.09 bits per heavy atom. The Bertz CT molecular complexity index is 1150. The molecule has 4 rings (SSSR count). The smallest absolute Gasteiger partial charge is 0.322 e. The average Bonchev–Trinajstić information content (AvgIpc) is 3.28. The molecule has 0 fully saturated rings. The van der Waals surface area contributed by atoms with E-state index in [1.165, 1.54) is 35.2 Å². The molecule has 1 aliphatic heterocycles. The monoisotopic (exact) mass is 451 g/mol. The zero-order chi connectivity index (χ0) is 23.2. The average molecular weight is 451 g/mol. The van der Waals surface area contributed by atoms with Crippen molar-refractivity contribution >= 4 is 17.4 Å². The second-order valence-corrected chi connectivity index (χ2v) is 7.62. The fourth-order valence-corrected chi connectivity index (χ4v) is 3.61. The van der Waals surface area contributed by atoms with Crippen molar-refractivity contribution in [1.29, 1.82) is 0 Å². The van der Waals surface area contributed by atoms with Gasteiger partial charge in [0, 0.05) is 24.2 Å². The maximum Gasteiger partial charge on any atom is 0.322 e. The molecule has 1 atom stereocenters. The van der Waals surface area contributed by atoms with E-state index in [1.54, 1.807) is 25.3 Å². The normalized spacial score (nSPS) is 14.9. The quantitative estimate of drug-likeness (QED) is 0.537. The van der Waals surface area contributed by atoms with E-state index in [-0.39, 0.29) is 25.0 Å². The Hall–Kier alpha value is -3.94. The highest BCUT2D eigenvalue weighted by Crippen LogP contribution is 2.25. The highest BCUT2D eigenvalue weighted by atomic mass is 19.1. The number of methoxy groups -OCH3 is 1. The van der Waals surface area contributed by atoms with Gasteiger partial charge in [0.25, 0.3) is 0 Å². The van der Waals surface area contributed by atoms with Crippen LogP contribution in [0.3, 0.4) is 0 Å². The van der Waals surface area contributed by atoms with Gasteiger partial charge in [0.15, 0.2) is 6.10 Å². The summed E-state index contributed by atoms with van der Waals surface area (Å²) in [5.41, 5.74) is 2.64. The van der Waals surface area contributed by atoms with E-state index >= 15 is 0 Å². The molecule has 1 unspecified atom stereocenters. The summed E-state index contributed by atoms with van der Waals surface area (Å²) in [6.45, 7) is 0.436. The zero-order valence-corrected chi connectivity index (χ0v) is 18.0. The summed E-state index contributed by atoms with van der Waals surface area (Å²) in [7, 11) is 1.59. The molecule has 0 radical (unpaired) electrons. The van der Waals surface area contributed by atoms with E-state index in [0.717, 1.165) is 16.8 Å². The summed E-state index contributed by atoms with van der Waals surface area (Å²) < 4.78 is 32.3. The topological polar surface area (TPSA) is 63.2 Å². The second-order valence-electron chi connectivity index (χ2n) is 7.62. The Balaban J connectivity index is 1.48. The van der Waals surface area contributed by atoms with Crippen LogP contribution in [0.1, 0.15) is 17.5 Å². The predicted octanol–water partition coefficient (Wildman–Crippen LogP) is 5.20. The molecule has 0 bridgehead atoms. The van der Waals surface area contributed by atoms with Gasteiger partial charge in [-0.2, -0.15) is 0 Å². The fraction of sp³-hybridized carbons (Fsp3) is 0.200. The van der Waals surface area contributed by atoms with E-state index in [4.69, 9.17) is 9.57 Å². The maximum atomic E-state index is 13.6. The molecule has 170 valence electrons. The first-order valence-corrected chi connectivity index (χ1v) is 10.4. The van der Waals surface area contributed by atoms with Gasteiger partial charge < -0.3 is 19.8 Å². The van der Waals surface area contributed by atoms with Crippen LogP contribution in [-0.4, -0.2) is 36.4 Å². The molecule has 1 aliphatic rings. The van der Waals surface area contributed by atoms with E-state index in [9.17, 15) is 13.6 Å². The predicted molar refractivity (Wildman–Crippen MR) is 121 cm³/mol. The lowest BCUT2D eigenvalue weighted by atomic mass is 10.0.